The minimum Gasteiger partial charge on any atom is -0.364 e. The van der Waals surface area contributed by atoms with Gasteiger partial charge in [-0.05, 0) is 51.8 Å². The molecule has 1 aromatic heterocycles. The molecule has 2 aromatic rings. The highest BCUT2D eigenvalue weighted by molar-refractivity contribution is 5.91. The van der Waals surface area contributed by atoms with Gasteiger partial charge in [0, 0.05) is 12.6 Å². The van der Waals surface area contributed by atoms with Crippen molar-refractivity contribution in [2.45, 2.75) is 46.2 Å². The number of nitrogens with one attached hydrogen (secondary N) is 1. The predicted octanol–water partition coefficient (Wildman–Crippen LogP) is 4.55. The van der Waals surface area contributed by atoms with Crippen LogP contribution in [0.25, 0.3) is 0 Å². The molecule has 1 aliphatic rings. The summed E-state index contributed by atoms with van der Waals surface area (Å²) in [6.45, 7) is 6.38. The quantitative estimate of drug-likeness (QED) is 0.692. The van der Waals surface area contributed by atoms with Gasteiger partial charge >= 0.3 is 0 Å². The van der Waals surface area contributed by atoms with Crippen molar-refractivity contribution in [1.82, 2.24) is 9.97 Å². The highest BCUT2D eigenvalue weighted by Gasteiger charge is 2.31. The zero-order valence-corrected chi connectivity index (χ0v) is 16.6. The van der Waals surface area contributed by atoms with Gasteiger partial charge in [-0.15, -0.1) is 0 Å². The van der Waals surface area contributed by atoms with Crippen molar-refractivity contribution < 1.29 is 4.79 Å². The molecule has 1 aromatic carbocycles. The highest BCUT2D eigenvalue weighted by atomic mass is 16.1. The van der Waals surface area contributed by atoms with Crippen LogP contribution in [0.15, 0.2) is 59.8 Å². The molecule has 6 heteroatoms. The van der Waals surface area contributed by atoms with Crippen molar-refractivity contribution in [3.05, 3.63) is 65.5 Å². The van der Waals surface area contributed by atoms with E-state index in [1.165, 1.54) is 17.2 Å². The van der Waals surface area contributed by atoms with Crippen LogP contribution in [0.2, 0.25) is 0 Å². The molecule has 0 fully saturated rings. The molecular weight excluding hydrogens is 350 g/mol. The number of carbonyl (C=O) groups excluding carboxylic acids is 1. The summed E-state index contributed by atoms with van der Waals surface area (Å²) in [4.78, 5) is 22.4. The molecule has 0 saturated carbocycles. The first-order chi connectivity index (χ1) is 13.5. The number of aromatic nitrogens is 2. The number of hydrogen-bond donors (Lipinski definition) is 2. The van der Waals surface area contributed by atoms with Crippen LogP contribution in [0.5, 0.6) is 0 Å². The van der Waals surface area contributed by atoms with Gasteiger partial charge < -0.3 is 11.1 Å². The molecule has 1 amide bonds. The summed E-state index contributed by atoms with van der Waals surface area (Å²) in [6.07, 6.45) is 8.89. The van der Waals surface area contributed by atoms with E-state index in [0.717, 1.165) is 30.6 Å². The lowest BCUT2D eigenvalue weighted by atomic mass is 10.1. The standard InChI is InChI=1S/C22H27N5O/c1-4-15(2)8-7-9-16(3)14-20-25-17-10-5-6-11-19(17)27(20)22-24-13-12-18(26-22)21(23)28/h4-6,9-13,20,25H,7-8,14H2,1-3H3,(H2,23,28). The summed E-state index contributed by atoms with van der Waals surface area (Å²) in [5, 5.41) is 3.55. The second-order valence-corrected chi connectivity index (χ2v) is 7.08. The predicted molar refractivity (Wildman–Crippen MR) is 114 cm³/mol. The molecule has 2 heterocycles. The van der Waals surface area contributed by atoms with Crippen LogP contribution in [0.1, 0.15) is 50.5 Å². The molecule has 1 unspecified atom stereocenters. The van der Waals surface area contributed by atoms with E-state index >= 15 is 0 Å². The van der Waals surface area contributed by atoms with Gasteiger partial charge in [-0.2, -0.15) is 0 Å². The van der Waals surface area contributed by atoms with Gasteiger partial charge in [0.1, 0.15) is 11.9 Å². The molecule has 0 spiro atoms. The average molecular weight is 377 g/mol. The normalized spacial score (nSPS) is 16.7. The maximum absolute atomic E-state index is 11.6. The Hall–Kier alpha value is -3.15. The van der Waals surface area contributed by atoms with Crippen LogP contribution < -0.4 is 16.0 Å². The third kappa shape index (κ3) is 4.39. The third-order valence-corrected chi connectivity index (χ3v) is 4.95. The van der Waals surface area contributed by atoms with Gasteiger partial charge in [-0.3, -0.25) is 9.69 Å². The maximum Gasteiger partial charge on any atom is 0.267 e. The van der Waals surface area contributed by atoms with Crippen LogP contribution in [0.4, 0.5) is 17.3 Å². The van der Waals surface area contributed by atoms with Crippen LogP contribution in [0.3, 0.4) is 0 Å². The minimum atomic E-state index is -0.559. The number of nitrogens with zero attached hydrogens (tertiary/aromatic N) is 3. The third-order valence-electron chi connectivity index (χ3n) is 4.95. The zero-order valence-electron chi connectivity index (χ0n) is 16.6. The van der Waals surface area contributed by atoms with E-state index in [4.69, 9.17) is 5.73 Å². The van der Waals surface area contributed by atoms with Gasteiger partial charge in [0.25, 0.3) is 5.91 Å². The van der Waals surface area contributed by atoms with Crippen molar-refractivity contribution >= 4 is 23.2 Å². The summed E-state index contributed by atoms with van der Waals surface area (Å²) in [5.41, 5.74) is 10.3. The van der Waals surface area contributed by atoms with Crippen molar-refractivity contribution in [1.29, 1.82) is 0 Å². The summed E-state index contributed by atoms with van der Waals surface area (Å²) in [6, 6.07) is 9.57. The second kappa shape index (κ2) is 8.69. The molecule has 146 valence electrons. The molecule has 0 radical (unpaired) electrons. The molecule has 0 saturated heterocycles. The number of carbonyl (C=O) groups is 1. The molecule has 1 aliphatic heterocycles. The fourth-order valence-corrected chi connectivity index (χ4v) is 3.29. The number of benzene rings is 1. The summed E-state index contributed by atoms with van der Waals surface area (Å²) in [7, 11) is 0. The van der Waals surface area contributed by atoms with E-state index in [9.17, 15) is 4.79 Å². The first-order valence-corrected chi connectivity index (χ1v) is 9.54. The Kier molecular flexibility index (Phi) is 6.09. The molecule has 6 nitrogen and oxygen atoms in total. The molecule has 3 N–H and O–H groups in total. The van der Waals surface area contributed by atoms with Crippen molar-refractivity contribution in [2.24, 2.45) is 5.73 Å². The van der Waals surface area contributed by atoms with E-state index in [1.807, 2.05) is 29.2 Å². The van der Waals surface area contributed by atoms with E-state index in [-0.39, 0.29) is 11.9 Å². The van der Waals surface area contributed by atoms with E-state index in [2.05, 4.69) is 48.2 Å². The van der Waals surface area contributed by atoms with Crippen LogP contribution in [-0.2, 0) is 0 Å². The average Bonchev–Trinajstić information content (AvgIpc) is 3.05. The number of anilines is 3. The molecule has 0 aliphatic carbocycles. The Morgan fingerprint density at radius 1 is 1.25 bits per heavy atom. The zero-order chi connectivity index (χ0) is 20.1. The molecule has 0 bridgehead atoms. The number of amides is 1. The van der Waals surface area contributed by atoms with Crippen molar-refractivity contribution in [3.8, 4) is 0 Å². The Bertz CT molecular complexity index is 919. The lowest BCUT2D eigenvalue weighted by molar-refractivity contribution is 0.0995. The van der Waals surface area contributed by atoms with Gasteiger partial charge in [0.05, 0.1) is 11.4 Å². The number of primary amides is 1. The molecule has 3 rings (SSSR count). The van der Waals surface area contributed by atoms with Crippen LogP contribution in [0, 0.1) is 0 Å². The van der Waals surface area contributed by atoms with Gasteiger partial charge in [0.2, 0.25) is 5.95 Å². The smallest absolute Gasteiger partial charge is 0.267 e. The van der Waals surface area contributed by atoms with Crippen LogP contribution >= 0.6 is 0 Å². The lowest BCUT2D eigenvalue weighted by Crippen LogP contribution is -2.33. The Labute approximate surface area is 166 Å². The number of fused-ring (bicyclic) bond motifs is 1. The summed E-state index contributed by atoms with van der Waals surface area (Å²) < 4.78 is 0. The van der Waals surface area contributed by atoms with Crippen molar-refractivity contribution in [3.63, 3.8) is 0 Å². The van der Waals surface area contributed by atoms with Gasteiger partial charge in [-0.1, -0.05) is 35.4 Å². The van der Waals surface area contributed by atoms with Gasteiger partial charge in [-0.25, -0.2) is 9.97 Å². The summed E-state index contributed by atoms with van der Waals surface area (Å²) in [5.74, 6) is -0.0904. The molecular formula is C22H27N5O. The number of rotatable bonds is 7. The highest BCUT2D eigenvalue weighted by Crippen LogP contribution is 2.40. The number of hydrogen-bond acceptors (Lipinski definition) is 5. The molecule has 28 heavy (non-hydrogen) atoms. The number of allylic oxidation sites excluding steroid dienone is 3. The van der Waals surface area contributed by atoms with E-state index in [0.29, 0.717) is 5.95 Å². The SMILES string of the molecule is CC=C(C)CCC=C(C)CC1Nc2ccccc2N1c1nccc(C(N)=O)n1. The minimum absolute atomic E-state index is 0.0282. The Morgan fingerprint density at radius 3 is 2.79 bits per heavy atom. The number of nitrogens with two attached hydrogens (primary N) is 1. The van der Waals surface area contributed by atoms with Crippen LogP contribution in [-0.4, -0.2) is 22.0 Å². The fourth-order valence-electron chi connectivity index (χ4n) is 3.29. The lowest BCUT2D eigenvalue weighted by Gasteiger charge is -2.25. The first-order valence-electron chi connectivity index (χ1n) is 9.54. The summed E-state index contributed by atoms with van der Waals surface area (Å²) >= 11 is 0. The largest absolute Gasteiger partial charge is 0.364 e. The topological polar surface area (TPSA) is 84.1 Å². The second-order valence-electron chi connectivity index (χ2n) is 7.08. The molecule has 1 atom stereocenters. The maximum atomic E-state index is 11.6. The Morgan fingerprint density at radius 2 is 2.04 bits per heavy atom. The van der Waals surface area contributed by atoms with Crippen molar-refractivity contribution in [2.75, 3.05) is 10.2 Å². The first kappa shape index (κ1) is 19.6. The fraction of sp³-hybridized carbons (Fsp3) is 0.318. The van der Waals surface area contributed by atoms with Gasteiger partial charge in [0.15, 0.2) is 0 Å². The van der Waals surface area contributed by atoms with E-state index < -0.39 is 5.91 Å². The monoisotopic (exact) mass is 377 g/mol. The van der Waals surface area contributed by atoms with E-state index in [1.54, 1.807) is 6.20 Å². The number of para-hydroxylation sites is 2. The Balaban J connectivity index is 1.85.